The molecule has 0 unspecified atom stereocenters. The summed E-state index contributed by atoms with van der Waals surface area (Å²) in [6.07, 6.45) is 2.03. The molecule has 0 radical (unpaired) electrons. The molecule has 0 aromatic carbocycles. The Bertz CT molecular complexity index is 779. The van der Waals surface area contributed by atoms with Crippen LogP contribution >= 0.6 is 0 Å². The SMILES string of the molecule is C[C@]1(/C=N/OCc2ccno2)[C@H](C(=O)[O-])N2C(=O)C[C@H]2S1(=O)=O.[Na+]. The van der Waals surface area contributed by atoms with Crippen molar-refractivity contribution in [1.29, 1.82) is 0 Å². The summed E-state index contributed by atoms with van der Waals surface area (Å²) in [6.45, 7) is 1.07. The van der Waals surface area contributed by atoms with Crippen LogP contribution in [0.4, 0.5) is 0 Å². The first kappa shape index (κ1) is 18.9. The zero-order valence-electron chi connectivity index (χ0n) is 12.9. The van der Waals surface area contributed by atoms with Gasteiger partial charge in [-0.1, -0.05) is 10.3 Å². The van der Waals surface area contributed by atoms with Crippen LogP contribution in [0.1, 0.15) is 19.1 Å². The standard InChI is InChI=1S/C12H13N3O7S.Na/c1-12(6-14-21-5-7-2-3-13-22-7)10(11(17)18)15-8(16)4-9(15)23(12,19)20;/h2-3,6,9-10H,4-5H2,1H3,(H,17,18);/q;+1/p-1/b14-6+;/t9-,10+,12+;/m1./s1. The molecule has 124 valence electrons. The summed E-state index contributed by atoms with van der Waals surface area (Å²) < 4.78 is 27.8. The molecule has 2 aliphatic heterocycles. The van der Waals surface area contributed by atoms with Crippen LogP contribution in [0.3, 0.4) is 0 Å². The predicted octanol–water partition coefficient (Wildman–Crippen LogP) is -4.95. The summed E-state index contributed by atoms with van der Waals surface area (Å²) >= 11 is 0. The second kappa shape index (κ2) is 6.47. The van der Waals surface area contributed by atoms with Crippen molar-refractivity contribution >= 4 is 27.9 Å². The van der Waals surface area contributed by atoms with E-state index in [0.29, 0.717) is 5.76 Å². The first-order valence-electron chi connectivity index (χ1n) is 6.60. The average molecular weight is 365 g/mol. The van der Waals surface area contributed by atoms with E-state index in [1.165, 1.54) is 19.2 Å². The number of carbonyl (C=O) groups excluding carboxylic acids is 2. The van der Waals surface area contributed by atoms with Gasteiger partial charge >= 0.3 is 29.6 Å². The van der Waals surface area contributed by atoms with Gasteiger partial charge in [-0.15, -0.1) is 0 Å². The van der Waals surface area contributed by atoms with Crippen molar-refractivity contribution in [2.45, 2.75) is 36.1 Å². The van der Waals surface area contributed by atoms with E-state index < -0.39 is 37.9 Å². The fourth-order valence-electron chi connectivity index (χ4n) is 2.75. The van der Waals surface area contributed by atoms with E-state index in [4.69, 9.17) is 9.36 Å². The van der Waals surface area contributed by atoms with Gasteiger partial charge in [0.25, 0.3) is 0 Å². The van der Waals surface area contributed by atoms with Gasteiger partial charge < -0.3 is 24.2 Å². The van der Waals surface area contributed by atoms with Crippen LogP contribution in [-0.4, -0.2) is 52.7 Å². The molecule has 3 atom stereocenters. The normalized spacial score (nSPS) is 30.5. The fraction of sp³-hybridized carbons (Fsp3) is 0.500. The summed E-state index contributed by atoms with van der Waals surface area (Å²) in [6, 6.07) is -0.116. The van der Waals surface area contributed by atoms with Crippen molar-refractivity contribution in [3.05, 3.63) is 18.0 Å². The Morgan fingerprint density at radius 1 is 1.67 bits per heavy atom. The number of oxime groups is 1. The van der Waals surface area contributed by atoms with E-state index in [-0.39, 0.29) is 42.6 Å². The van der Waals surface area contributed by atoms with Crippen LogP contribution in [-0.2, 0) is 30.9 Å². The molecule has 2 fully saturated rings. The Morgan fingerprint density at radius 3 is 2.92 bits per heavy atom. The number of β-lactam (4-membered cyclic amide) rings is 1. The smallest absolute Gasteiger partial charge is 0.548 e. The quantitative estimate of drug-likeness (QED) is 0.219. The van der Waals surface area contributed by atoms with Gasteiger partial charge in [-0.2, -0.15) is 0 Å². The maximum atomic E-state index is 12.5. The fourth-order valence-corrected chi connectivity index (χ4v) is 4.94. The van der Waals surface area contributed by atoms with Crippen molar-refractivity contribution in [3.63, 3.8) is 0 Å². The molecular formula is C12H12N3NaO7S. The molecule has 0 N–H and O–H groups in total. The number of sulfone groups is 1. The zero-order chi connectivity index (χ0) is 16.8. The second-order valence-corrected chi connectivity index (χ2v) is 7.91. The van der Waals surface area contributed by atoms with Crippen LogP contribution in [0.25, 0.3) is 0 Å². The monoisotopic (exact) mass is 365 g/mol. The topological polar surface area (TPSA) is 142 Å². The summed E-state index contributed by atoms with van der Waals surface area (Å²) in [5.74, 6) is -1.85. The van der Waals surface area contributed by atoms with Gasteiger partial charge in [0.2, 0.25) is 5.91 Å². The van der Waals surface area contributed by atoms with E-state index in [9.17, 15) is 23.1 Å². The first-order valence-corrected chi connectivity index (χ1v) is 8.15. The third-order valence-electron chi connectivity index (χ3n) is 4.04. The molecule has 2 aliphatic rings. The van der Waals surface area contributed by atoms with E-state index >= 15 is 0 Å². The van der Waals surface area contributed by atoms with Crippen molar-refractivity contribution in [3.8, 4) is 0 Å². The minimum absolute atomic E-state index is 0. The molecule has 0 aliphatic carbocycles. The molecule has 1 aromatic rings. The molecule has 0 saturated carbocycles. The Hall–Kier alpha value is -1.43. The van der Waals surface area contributed by atoms with Crippen LogP contribution in [0, 0.1) is 0 Å². The Kier molecular flexibility index (Phi) is 5.09. The van der Waals surface area contributed by atoms with Gasteiger partial charge in [-0.05, 0) is 6.92 Å². The molecule has 1 amide bonds. The van der Waals surface area contributed by atoms with Crippen LogP contribution in [0.2, 0.25) is 0 Å². The van der Waals surface area contributed by atoms with Crippen molar-refractivity contribution in [2.75, 3.05) is 0 Å². The summed E-state index contributed by atoms with van der Waals surface area (Å²) in [5, 5.41) is 17.2. The van der Waals surface area contributed by atoms with E-state index in [1.807, 2.05) is 0 Å². The third kappa shape index (κ3) is 2.65. The molecule has 24 heavy (non-hydrogen) atoms. The Labute approximate surface area is 159 Å². The van der Waals surface area contributed by atoms with Crippen molar-refractivity contribution in [1.82, 2.24) is 10.1 Å². The van der Waals surface area contributed by atoms with E-state index in [2.05, 4.69) is 10.3 Å². The minimum atomic E-state index is -3.97. The zero-order valence-corrected chi connectivity index (χ0v) is 15.7. The van der Waals surface area contributed by atoms with E-state index in [0.717, 1.165) is 11.1 Å². The number of carboxylic acids is 1. The number of carboxylic acid groups (broad SMARTS) is 1. The van der Waals surface area contributed by atoms with Gasteiger partial charge in [0, 0.05) is 6.07 Å². The van der Waals surface area contributed by atoms with Crippen LogP contribution < -0.4 is 34.7 Å². The molecule has 0 spiro atoms. The summed E-state index contributed by atoms with van der Waals surface area (Å²) in [4.78, 5) is 28.6. The minimum Gasteiger partial charge on any atom is -0.548 e. The maximum Gasteiger partial charge on any atom is 1.00 e. The molecule has 12 heteroatoms. The van der Waals surface area contributed by atoms with Gasteiger partial charge in [-0.3, -0.25) is 4.79 Å². The number of hydrogen-bond acceptors (Lipinski definition) is 9. The molecule has 0 bridgehead atoms. The third-order valence-corrected chi connectivity index (χ3v) is 6.71. The maximum absolute atomic E-state index is 12.5. The largest absolute Gasteiger partial charge is 1.00 e. The Balaban J connectivity index is 0.00000208. The summed E-state index contributed by atoms with van der Waals surface area (Å²) in [5.41, 5.74) is 0. The van der Waals surface area contributed by atoms with Gasteiger partial charge in [0.1, 0.15) is 10.1 Å². The van der Waals surface area contributed by atoms with E-state index in [1.54, 1.807) is 0 Å². The van der Waals surface area contributed by atoms with Crippen molar-refractivity contribution < 1.29 is 62.0 Å². The molecule has 3 heterocycles. The molecule has 1 aromatic heterocycles. The molecular weight excluding hydrogens is 353 g/mol. The molecule has 10 nitrogen and oxygen atoms in total. The van der Waals surface area contributed by atoms with Gasteiger partial charge in [-0.25, -0.2) is 8.42 Å². The van der Waals surface area contributed by atoms with Crippen molar-refractivity contribution in [2.24, 2.45) is 5.16 Å². The number of aliphatic carboxylic acids is 1. The van der Waals surface area contributed by atoms with Crippen LogP contribution in [0.15, 0.2) is 21.9 Å². The molecule has 2 saturated heterocycles. The van der Waals surface area contributed by atoms with Gasteiger partial charge in [0.15, 0.2) is 22.2 Å². The number of fused-ring (bicyclic) bond motifs is 1. The molecule has 3 rings (SSSR count). The average Bonchev–Trinajstić information content (AvgIpc) is 3.02. The van der Waals surface area contributed by atoms with Gasteiger partial charge in [0.05, 0.1) is 30.8 Å². The predicted molar refractivity (Wildman–Crippen MR) is 71.2 cm³/mol. The summed E-state index contributed by atoms with van der Waals surface area (Å²) in [7, 11) is -3.97. The first-order chi connectivity index (χ1) is 10.8. The number of amides is 1. The Morgan fingerprint density at radius 2 is 2.38 bits per heavy atom. The number of rotatable bonds is 5. The van der Waals surface area contributed by atoms with Crippen LogP contribution in [0.5, 0.6) is 0 Å². The second-order valence-electron chi connectivity index (χ2n) is 5.40. The number of aromatic nitrogens is 1. The number of hydrogen-bond donors (Lipinski definition) is 0. The number of carbonyl (C=O) groups is 2. The number of nitrogens with zero attached hydrogens (tertiary/aromatic N) is 3.